The Hall–Kier alpha value is -4.49. The number of ether oxygens (including phenoxy) is 3. The molecule has 0 saturated carbocycles. The molecule has 10 heteroatoms. The second-order valence-corrected chi connectivity index (χ2v) is 9.96. The standard InChI is InChI=1S/C29H31N5O5/c1-19-32-26(34-12-14-37-15-13-34)17-27(33-19)38-25-16-22(30-5)10-11-23(25)20-6-8-21(9-7-20)24(35)18-31-28(36)39-29(2,3)4/h6-11,16-17H,12-15,18H2,1-4H3,(H,31,36). The maximum atomic E-state index is 12.6. The molecule has 1 fully saturated rings. The zero-order chi connectivity index (χ0) is 28.0. The minimum Gasteiger partial charge on any atom is -0.444 e. The van der Waals surface area contributed by atoms with Crippen molar-refractivity contribution >= 4 is 23.4 Å². The number of Topliss-reactive ketones (excluding diaryl/α,β-unsaturated/α-hetero) is 1. The largest absolute Gasteiger partial charge is 0.444 e. The lowest BCUT2D eigenvalue weighted by molar-refractivity contribution is 0.0520. The summed E-state index contributed by atoms with van der Waals surface area (Å²) in [6.45, 7) is 17.0. The van der Waals surface area contributed by atoms with Gasteiger partial charge in [-0.2, -0.15) is 4.98 Å². The molecule has 0 bridgehead atoms. The van der Waals surface area contributed by atoms with E-state index in [0.717, 1.165) is 30.0 Å². The molecule has 2 heterocycles. The molecule has 10 nitrogen and oxygen atoms in total. The number of nitrogens with one attached hydrogen (secondary N) is 1. The molecule has 39 heavy (non-hydrogen) atoms. The quantitative estimate of drug-likeness (QED) is 0.323. The predicted molar refractivity (Wildman–Crippen MR) is 147 cm³/mol. The van der Waals surface area contributed by atoms with Gasteiger partial charge in [-0.3, -0.25) is 4.79 Å². The molecule has 0 atom stereocenters. The van der Waals surface area contributed by atoms with Gasteiger partial charge in [0.05, 0.1) is 26.3 Å². The number of benzene rings is 2. The first kappa shape index (κ1) is 27.5. The summed E-state index contributed by atoms with van der Waals surface area (Å²) >= 11 is 0. The van der Waals surface area contributed by atoms with E-state index in [2.05, 4.69) is 25.0 Å². The minimum absolute atomic E-state index is 0.180. The highest BCUT2D eigenvalue weighted by Crippen LogP contribution is 2.37. The Bertz CT molecular complexity index is 1390. The lowest BCUT2D eigenvalue weighted by Gasteiger charge is -2.28. The van der Waals surface area contributed by atoms with Gasteiger partial charge in [0.15, 0.2) is 11.5 Å². The predicted octanol–water partition coefficient (Wildman–Crippen LogP) is 5.34. The van der Waals surface area contributed by atoms with Crippen LogP contribution in [0.5, 0.6) is 11.6 Å². The number of alkyl carbamates (subject to hydrolysis) is 1. The highest BCUT2D eigenvalue weighted by molar-refractivity contribution is 5.99. The van der Waals surface area contributed by atoms with E-state index >= 15 is 0 Å². The third kappa shape index (κ3) is 7.52. The first-order valence-electron chi connectivity index (χ1n) is 12.6. The zero-order valence-corrected chi connectivity index (χ0v) is 22.5. The third-order valence-electron chi connectivity index (χ3n) is 5.75. The average Bonchev–Trinajstić information content (AvgIpc) is 2.91. The van der Waals surface area contributed by atoms with Crippen molar-refractivity contribution in [1.82, 2.24) is 15.3 Å². The average molecular weight is 530 g/mol. The molecule has 1 saturated heterocycles. The molecule has 2 aromatic carbocycles. The molecule has 4 rings (SSSR count). The summed E-state index contributed by atoms with van der Waals surface area (Å²) in [7, 11) is 0. The van der Waals surface area contributed by atoms with Crippen molar-refractivity contribution in [2.75, 3.05) is 37.7 Å². The number of aryl methyl sites for hydroxylation is 1. The smallest absolute Gasteiger partial charge is 0.408 e. The number of carbonyl (C=O) groups is 2. The van der Waals surface area contributed by atoms with Crippen LogP contribution in [-0.2, 0) is 9.47 Å². The molecule has 1 aliphatic rings. The third-order valence-corrected chi connectivity index (χ3v) is 5.75. The number of anilines is 1. The van der Waals surface area contributed by atoms with Gasteiger partial charge < -0.3 is 24.4 Å². The van der Waals surface area contributed by atoms with Gasteiger partial charge in [-0.25, -0.2) is 14.6 Å². The first-order valence-corrected chi connectivity index (χ1v) is 12.6. The summed E-state index contributed by atoms with van der Waals surface area (Å²) in [6.07, 6.45) is -0.647. The van der Waals surface area contributed by atoms with Crippen LogP contribution in [0.1, 0.15) is 37.0 Å². The molecular weight excluding hydrogens is 498 g/mol. The van der Waals surface area contributed by atoms with Gasteiger partial charge in [-0.05, 0) is 39.3 Å². The van der Waals surface area contributed by atoms with E-state index in [0.29, 0.717) is 41.9 Å². The molecule has 1 amide bonds. The van der Waals surface area contributed by atoms with Crippen molar-refractivity contribution in [2.24, 2.45) is 0 Å². The molecule has 0 aliphatic carbocycles. The lowest BCUT2D eigenvalue weighted by atomic mass is 10.0. The molecule has 0 radical (unpaired) electrons. The Labute approximate surface area is 227 Å². The highest BCUT2D eigenvalue weighted by Gasteiger charge is 2.18. The molecule has 0 unspecified atom stereocenters. The molecule has 0 spiro atoms. The number of hydrogen-bond acceptors (Lipinski definition) is 8. The van der Waals surface area contributed by atoms with Gasteiger partial charge in [0.25, 0.3) is 0 Å². The Morgan fingerprint density at radius 2 is 1.79 bits per heavy atom. The minimum atomic E-state index is -0.647. The molecular formula is C29H31N5O5. The fraction of sp³-hybridized carbons (Fsp3) is 0.345. The van der Waals surface area contributed by atoms with E-state index in [1.54, 1.807) is 76.2 Å². The SMILES string of the molecule is [C-]#[N+]c1ccc(-c2ccc(C(=O)CNC(=O)OC(C)(C)C)cc2)c(Oc2cc(N3CCOCC3)nc(C)n2)c1. The number of rotatable bonds is 7. The van der Waals surface area contributed by atoms with E-state index in [1.807, 2.05) is 0 Å². The Morgan fingerprint density at radius 3 is 2.46 bits per heavy atom. The fourth-order valence-corrected chi connectivity index (χ4v) is 3.95. The molecule has 1 aliphatic heterocycles. The van der Waals surface area contributed by atoms with Gasteiger partial charge in [0.2, 0.25) is 5.88 Å². The van der Waals surface area contributed by atoms with Crippen LogP contribution in [0.3, 0.4) is 0 Å². The van der Waals surface area contributed by atoms with Crippen LogP contribution in [0, 0.1) is 13.5 Å². The van der Waals surface area contributed by atoms with E-state index < -0.39 is 11.7 Å². The van der Waals surface area contributed by atoms with Crippen LogP contribution < -0.4 is 15.0 Å². The molecule has 202 valence electrons. The van der Waals surface area contributed by atoms with Crippen molar-refractivity contribution in [3.05, 3.63) is 71.3 Å². The Morgan fingerprint density at radius 1 is 1.08 bits per heavy atom. The van der Waals surface area contributed by atoms with Crippen LogP contribution in [0.4, 0.5) is 16.3 Å². The van der Waals surface area contributed by atoms with Crippen LogP contribution in [-0.4, -0.2) is 60.3 Å². The maximum Gasteiger partial charge on any atom is 0.408 e. The van der Waals surface area contributed by atoms with Gasteiger partial charge >= 0.3 is 6.09 Å². The van der Waals surface area contributed by atoms with Gasteiger partial charge in [0, 0.05) is 30.3 Å². The Kier molecular flexibility index (Phi) is 8.42. The van der Waals surface area contributed by atoms with E-state index in [9.17, 15) is 9.59 Å². The molecule has 3 aromatic rings. The first-order chi connectivity index (χ1) is 18.6. The molecule has 1 aromatic heterocycles. The summed E-state index contributed by atoms with van der Waals surface area (Å²) in [4.78, 5) is 39.1. The fourth-order valence-electron chi connectivity index (χ4n) is 3.95. The second-order valence-electron chi connectivity index (χ2n) is 9.96. The van der Waals surface area contributed by atoms with Crippen molar-refractivity contribution in [3.63, 3.8) is 0 Å². The van der Waals surface area contributed by atoms with Crippen LogP contribution in [0.25, 0.3) is 16.0 Å². The number of amides is 1. The van der Waals surface area contributed by atoms with Gasteiger partial charge in [-0.1, -0.05) is 36.4 Å². The van der Waals surface area contributed by atoms with Crippen LogP contribution in [0.2, 0.25) is 0 Å². The summed E-state index contributed by atoms with van der Waals surface area (Å²) < 4.78 is 16.8. The number of carbonyl (C=O) groups excluding carboxylic acids is 2. The molecule has 1 N–H and O–H groups in total. The number of aromatic nitrogens is 2. The van der Waals surface area contributed by atoms with Crippen molar-refractivity contribution in [3.8, 4) is 22.8 Å². The summed E-state index contributed by atoms with van der Waals surface area (Å²) in [5, 5.41) is 2.48. The normalized spacial score (nSPS) is 13.4. The van der Waals surface area contributed by atoms with E-state index in [1.165, 1.54) is 0 Å². The number of ketones is 1. The van der Waals surface area contributed by atoms with Crippen molar-refractivity contribution in [1.29, 1.82) is 0 Å². The maximum absolute atomic E-state index is 12.6. The summed E-state index contributed by atoms with van der Waals surface area (Å²) in [6, 6.07) is 13.9. The van der Waals surface area contributed by atoms with Crippen molar-refractivity contribution < 1.29 is 23.8 Å². The zero-order valence-electron chi connectivity index (χ0n) is 22.5. The van der Waals surface area contributed by atoms with Crippen LogP contribution >= 0.6 is 0 Å². The number of morpholine rings is 1. The Balaban J connectivity index is 1.54. The lowest BCUT2D eigenvalue weighted by Crippen LogP contribution is -2.36. The highest BCUT2D eigenvalue weighted by atomic mass is 16.6. The van der Waals surface area contributed by atoms with Crippen LogP contribution in [0.15, 0.2) is 48.5 Å². The van der Waals surface area contributed by atoms with Crippen molar-refractivity contribution in [2.45, 2.75) is 33.3 Å². The number of hydrogen-bond donors (Lipinski definition) is 1. The summed E-state index contributed by atoms with van der Waals surface area (Å²) in [5.74, 6) is 1.90. The summed E-state index contributed by atoms with van der Waals surface area (Å²) in [5.41, 5.74) is 1.74. The van der Waals surface area contributed by atoms with E-state index in [-0.39, 0.29) is 12.3 Å². The van der Waals surface area contributed by atoms with Gasteiger partial charge in [-0.15, -0.1) is 0 Å². The topological polar surface area (TPSA) is 107 Å². The van der Waals surface area contributed by atoms with E-state index in [4.69, 9.17) is 20.8 Å². The monoisotopic (exact) mass is 529 g/mol. The number of nitrogens with zero attached hydrogens (tertiary/aromatic N) is 4. The van der Waals surface area contributed by atoms with Gasteiger partial charge in [0.1, 0.15) is 23.0 Å². The second kappa shape index (κ2) is 11.9.